The van der Waals surface area contributed by atoms with Gasteiger partial charge in [-0.15, -0.1) is 0 Å². The van der Waals surface area contributed by atoms with E-state index in [4.69, 9.17) is 26.7 Å². The van der Waals surface area contributed by atoms with Crippen molar-refractivity contribution in [2.24, 2.45) is 18.9 Å². The fraction of sp³-hybridized carbons (Fsp3) is 0.478. The number of piperidine rings is 2. The minimum Gasteiger partial charge on any atom is -0.375 e. The number of allylic oxidation sites excluding steroid dienone is 3. The molecule has 1 aromatic carbocycles. The number of alkyl halides is 2. The first-order valence-corrected chi connectivity index (χ1v) is 22.2. The van der Waals surface area contributed by atoms with Gasteiger partial charge in [-0.1, -0.05) is 31.3 Å². The van der Waals surface area contributed by atoms with Crippen LogP contribution in [0.2, 0.25) is 5.02 Å². The van der Waals surface area contributed by atoms with Gasteiger partial charge in [0.05, 0.1) is 41.0 Å². The molecule has 1 saturated carbocycles. The van der Waals surface area contributed by atoms with Crippen molar-refractivity contribution >= 4 is 57.2 Å². The molecule has 12 nitrogen and oxygen atoms in total. The summed E-state index contributed by atoms with van der Waals surface area (Å²) in [4.78, 5) is 23.5. The van der Waals surface area contributed by atoms with Crippen molar-refractivity contribution in [3.05, 3.63) is 95.3 Å². The zero-order valence-corrected chi connectivity index (χ0v) is 35.9. The molecular formula is C46H55ClF2N12. The van der Waals surface area contributed by atoms with Crippen LogP contribution in [0.15, 0.2) is 79.1 Å². The van der Waals surface area contributed by atoms with E-state index in [0.29, 0.717) is 45.6 Å². The zero-order chi connectivity index (χ0) is 42.2. The molecule has 15 heteroatoms. The lowest BCUT2D eigenvalue weighted by atomic mass is 9.90. The molecule has 2 unspecified atom stereocenters. The highest BCUT2D eigenvalue weighted by Gasteiger charge is 2.50. The predicted octanol–water partition coefficient (Wildman–Crippen LogP) is 8.16. The molecule has 3 aromatic heterocycles. The number of fused-ring (bicyclic) bond motifs is 3. The van der Waals surface area contributed by atoms with Gasteiger partial charge in [-0.25, -0.2) is 18.7 Å². The van der Waals surface area contributed by atoms with Crippen LogP contribution < -0.4 is 30.7 Å². The van der Waals surface area contributed by atoms with Crippen molar-refractivity contribution in [1.29, 1.82) is 0 Å². The molecule has 5 aliphatic heterocycles. The molecule has 3 saturated heterocycles. The van der Waals surface area contributed by atoms with E-state index in [9.17, 15) is 0 Å². The van der Waals surface area contributed by atoms with Gasteiger partial charge in [0, 0.05) is 106 Å². The molecular weight excluding hydrogens is 794 g/mol. The molecule has 4 aromatic rings. The van der Waals surface area contributed by atoms with Gasteiger partial charge in [-0.2, -0.15) is 10.1 Å². The van der Waals surface area contributed by atoms with E-state index in [1.807, 2.05) is 29.7 Å². The first-order chi connectivity index (χ1) is 29.4. The van der Waals surface area contributed by atoms with Crippen LogP contribution in [0, 0.1) is 11.8 Å². The molecule has 8 heterocycles. The first kappa shape index (κ1) is 39.9. The van der Waals surface area contributed by atoms with Crippen molar-refractivity contribution < 1.29 is 8.78 Å². The van der Waals surface area contributed by atoms with E-state index < -0.39 is 12.0 Å². The largest absolute Gasteiger partial charge is 0.375 e. The van der Waals surface area contributed by atoms with Crippen molar-refractivity contribution in [1.82, 2.24) is 40.3 Å². The number of aromatic nitrogens is 5. The molecule has 0 spiro atoms. The van der Waals surface area contributed by atoms with E-state index in [1.54, 1.807) is 12.4 Å². The highest BCUT2D eigenvalue weighted by Crippen LogP contribution is 2.49. The van der Waals surface area contributed by atoms with Gasteiger partial charge in [-0.3, -0.25) is 9.58 Å². The highest BCUT2D eigenvalue weighted by molar-refractivity contribution is 6.32. The molecule has 2 atom stereocenters. The number of nitrogens with zero attached hydrogens (tertiary/aromatic N) is 9. The number of halogens is 3. The smallest absolute Gasteiger partial charge is 0.268 e. The second kappa shape index (κ2) is 15.6. The van der Waals surface area contributed by atoms with E-state index >= 15 is 8.78 Å². The third-order valence-electron chi connectivity index (χ3n) is 13.9. The van der Waals surface area contributed by atoms with Gasteiger partial charge in [0.25, 0.3) is 5.92 Å². The lowest BCUT2D eigenvalue weighted by Gasteiger charge is -2.39. The second-order valence-corrected chi connectivity index (χ2v) is 18.3. The Kier molecular flexibility index (Phi) is 10.2. The number of nitrogens with one attached hydrogen (secondary N) is 3. The van der Waals surface area contributed by atoms with Gasteiger partial charge in [-0.05, 0) is 86.6 Å². The van der Waals surface area contributed by atoms with Crippen LogP contribution in [0.4, 0.5) is 37.7 Å². The Morgan fingerprint density at radius 2 is 1.70 bits per heavy atom. The second-order valence-electron chi connectivity index (χ2n) is 17.9. The molecule has 320 valence electrons. The summed E-state index contributed by atoms with van der Waals surface area (Å²) in [5.74, 6) is -0.263. The molecule has 3 N–H and O–H groups in total. The van der Waals surface area contributed by atoms with E-state index in [0.717, 1.165) is 118 Å². The van der Waals surface area contributed by atoms with Gasteiger partial charge in [0.15, 0.2) is 5.82 Å². The highest BCUT2D eigenvalue weighted by atomic mass is 35.5. The standard InChI is InChI=1S/C46H55ClF2N12/c1-27-6-10-34(28(2)52-27)41-36-11-9-33(23-39(36)58(5)56-41)60-20-18-59(19-21-60)26-30-13-16-61(17-14-30)45-51-25-38(47)43(55-45)53-32-22-37-40-35(29(3)57(4)44(37)50-24-32)12-15-46(48,49)42(54-40)31-7-8-31/h9,11,22-25,30-31,34,42,52,54H,1-3,6-8,10,12-21,26H2,4-5H3,(H,51,53,55). The number of likely N-dealkylation sites (N-methyl/N-ethyl adjacent to an activating group) is 1. The van der Waals surface area contributed by atoms with Crippen LogP contribution in [-0.4, -0.2) is 94.5 Å². The Morgan fingerprint density at radius 1 is 0.918 bits per heavy atom. The first-order valence-electron chi connectivity index (χ1n) is 21.8. The average molecular weight is 849 g/mol. The van der Waals surface area contributed by atoms with E-state index in [-0.39, 0.29) is 24.7 Å². The van der Waals surface area contributed by atoms with Crippen molar-refractivity contribution in [2.45, 2.75) is 69.2 Å². The molecule has 6 aliphatic rings. The minimum atomic E-state index is -2.81. The molecule has 0 amide bonds. The molecule has 0 bridgehead atoms. The minimum absolute atomic E-state index is 0.0328. The maximum absolute atomic E-state index is 15.4. The van der Waals surface area contributed by atoms with Crippen LogP contribution in [0.1, 0.15) is 68.5 Å². The summed E-state index contributed by atoms with van der Waals surface area (Å²) in [5.41, 5.74) is 9.14. The van der Waals surface area contributed by atoms with Crippen molar-refractivity contribution in [3.63, 3.8) is 0 Å². The SMILES string of the molecule is C=C1CCC(c2nn(C)c3cc(N4CCN(CC5CCN(c6ncc(Cl)c(Nc7cnc8c(c7)C7=C(CCC(F)(F)C(C9CC9)N7)C(=C)N8C)n6)CC5)CC4)ccc23)C(=C)N1. The summed E-state index contributed by atoms with van der Waals surface area (Å²) in [6.07, 6.45) is 9.06. The molecule has 61 heavy (non-hydrogen) atoms. The molecule has 10 rings (SSSR count). The summed E-state index contributed by atoms with van der Waals surface area (Å²) in [6.45, 7) is 19.5. The lowest BCUT2D eigenvalue weighted by Crippen LogP contribution is -2.49. The number of rotatable bonds is 8. The van der Waals surface area contributed by atoms with E-state index in [2.05, 4.69) is 73.6 Å². The molecule has 0 radical (unpaired) electrons. The van der Waals surface area contributed by atoms with Gasteiger partial charge in [0.2, 0.25) is 5.95 Å². The summed E-state index contributed by atoms with van der Waals surface area (Å²) in [5, 5.41) is 16.6. The van der Waals surface area contributed by atoms with E-state index in [1.165, 1.54) is 11.1 Å². The predicted molar refractivity (Wildman–Crippen MR) is 241 cm³/mol. The van der Waals surface area contributed by atoms with Crippen LogP contribution in [0.3, 0.4) is 0 Å². The van der Waals surface area contributed by atoms with Crippen molar-refractivity contribution in [2.75, 3.05) is 72.9 Å². The van der Waals surface area contributed by atoms with Gasteiger partial charge < -0.3 is 30.7 Å². The van der Waals surface area contributed by atoms with Gasteiger partial charge in [0.1, 0.15) is 10.8 Å². The zero-order valence-electron chi connectivity index (χ0n) is 35.2. The van der Waals surface area contributed by atoms with Gasteiger partial charge >= 0.3 is 0 Å². The Bertz CT molecular complexity index is 2440. The maximum atomic E-state index is 15.4. The Labute approximate surface area is 361 Å². The quantitative estimate of drug-likeness (QED) is 0.160. The Morgan fingerprint density at radius 3 is 2.46 bits per heavy atom. The van der Waals surface area contributed by atoms with Crippen LogP contribution >= 0.6 is 11.6 Å². The Hall–Kier alpha value is -5.21. The number of pyridine rings is 1. The lowest BCUT2D eigenvalue weighted by molar-refractivity contribution is -0.0441. The third-order valence-corrected chi connectivity index (χ3v) is 14.2. The number of benzene rings is 1. The Balaban J connectivity index is 0.753. The van der Waals surface area contributed by atoms with Crippen LogP contribution in [-0.2, 0) is 7.05 Å². The number of anilines is 5. The molecule has 1 aliphatic carbocycles. The normalized spacial score (nSPS) is 23.8. The summed E-state index contributed by atoms with van der Waals surface area (Å²) < 4.78 is 32.7. The fourth-order valence-corrected chi connectivity index (χ4v) is 10.3. The summed E-state index contributed by atoms with van der Waals surface area (Å²) >= 11 is 6.68. The topological polar surface area (TPSA) is 106 Å². The number of hydrogen-bond donors (Lipinski definition) is 3. The fourth-order valence-electron chi connectivity index (χ4n) is 10.2. The number of aryl methyl sites for hydroxylation is 1. The summed E-state index contributed by atoms with van der Waals surface area (Å²) in [7, 11) is 3.92. The van der Waals surface area contributed by atoms with Crippen LogP contribution in [0.25, 0.3) is 16.6 Å². The van der Waals surface area contributed by atoms with Crippen LogP contribution in [0.5, 0.6) is 0 Å². The third kappa shape index (κ3) is 7.59. The molecule has 4 fully saturated rings. The number of hydrogen-bond acceptors (Lipinski definition) is 11. The average Bonchev–Trinajstić information content (AvgIpc) is 4.06. The van der Waals surface area contributed by atoms with Crippen molar-refractivity contribution in [3.8, 4) is 0 Å². The maximum Gasteiger partial charge on any atom is 0.268 e. The summed E-state index contributed by atoms with van der Waals surface area (Å²) in [6, 6.07) is 7.84. The monoisotopic (exact) mass is 848 g/mol. The number of piperazine rings is 1.